The molecule has 1 aliphatic heterocycles. The minimum absolute atomic E-state index is 0.0472. The van der Waals surface area contributed by atoms with E-state index in [1.807, 2.05) is 44.4 Å². The van der Waals surface area contributed by atoms with Gasteiger partial charge in [0.2, 0.25) is 0 Å². The number of nitro groups is 1. The van der Waals surface area contributed by atoms with Crippen LogP contribution in [0.2, 0.25) is 0 Å². The van der Waals surface area contributed by atoms with Crippen molar-refractivity contribution in [2.75, 3.05) is 27.2 Å². The maximum absolute atomic E-state index is 10.9. The number of non-ortho nitro benzene ring substituents is 1. The molecule has 0 bridgehead atoms. The Bertz CT molecular complexity index is 1070. The van der Waals surface area contributed by atoms with Crippen molar-refractivity contribution < 1.29 is 9.34 Å². The highest BCUT2D eigenvalue weighted by molar-refractivity contribution is 7.80. The first-order valence-electron chi connectivity index (χ1n) is 9.91. The Morgan fingerprint density at radius 2 is 1.97 bits per heavy atom. The summed E-state index contributed by atoms with van der Waals surface area (Å²) in [6.45, 7) is 1.57. The Labute approximate surface area is 185 Å². The number of nitro benzene ring substituents is 1. The number of nitrogens with one attached hydrogen (secondary N) is 1. The van der Waals surface area contributed by atoms with Gasteiger partial charge in [0.05, 0.1) is 16.7 Å². The first kappa shape index (κ1) is 21.0. The van der Waals surface area contributed by atoms with Crippen molar-refractivity contribution in [1.82, 2.24) is 20.1 Å². The predicted octanol–water partition coefficient (Wildman–Crippen LogP) is 3.78. The summed E-state index contributed by atoms with van der Waals surface area (Å²) in [5.41, 5.74) is 1.71. The summed E-state index contributed by atoms with van der Waals surface area (Å²) in [4.78, 5) is 19.3. The smallest absolute Gasteiger partial charge is 0.269 e. The lowest BCUT2D eigenvalue weighted by Gasteiger charge is -2.27. The molecule has 9 heteroatoms. The van der Waals surface area contributed by atoms with Crippen molar-refractivity contribution in [3.63, 3.8) is 0 Å². The predicted molar refractivity (Wildman–Crippen MR) is 122 cm³/mol. The molecule has 1 aromatic carbocycles. The summed E-state index contributed by atoms with van der Waals surface area (Å²) >= 11 is 5.65. The topological polar surface area (TPSA) is 87.7 Å². The second kappa shape index (κ2) is 8.83. The number of nitrogens with zero attached hydrogens (tertiary/aromatic N) is 4. The van der Waals surface area contributed by atoms with Gasteiger partial charge in [0, 0.05) is 37.0 Å². The van der Waals surface area contributed by atoms with Gasteiger partial charge in [-0.2, -0.15) is 0 Å². The summed E-state index contributed by atoms with van der Waals surface area (Å²) in [7, 11) is 4.05. The van der Waals surface area contributed by atoms with E-state index in [0.29, 0.717) is 10.9 Å². The highest BCUT2D eigenvalue weighted by Gasteiger charge is 2.41. The maximum atomic E-state index is 10.9. The number of hydrogen-bond acceptors (Lipinski definition) is 6. The third-order valence-corrected chi connectivity index (χ3v) is 5.62. The first-order valence-corrected chi connectivity index (χ1v) is 10.3. The van der Waals surface area contributed by atoms with E-state index in [2.05, 4.69) is 20.1 Å². The van der Waals surface area contributed by atoms with Crippen LogP contribution in [0.25, 0.3) is 11.3 Å². The van der Waals surface area contributed by atoms with Crippen molar-refractivity contribution in [1.29, 1.82) is 0 Å². The third-order valence-electron chi connectivity index (χ3n) is 5.27. The second-order valence-corrected chi connectivity index (χ2v) is 8.02. The van der Waals surface area contributed by atoms with Crippen LogP contribution in [0.15, 0.2) is 65.2 Å². The van der Waals surface area contributed by atoms with Gasteiger partial charge in [-0.15, -0.1) is 0 Å². The fourth-order valence-electron chi connectivity index (χ4n) is 3.68. The minimum atomic E-state index is -0.414. The summed E-state index contributed by atoms with van der Waals surface area (Å²) in [6.07, 6.45) is 1.77. The zero-order chi connectivity index (χ0) is 22.0. The molecular weight excluding hydrogens is 414 g/mol. The third kappa shape index (κ3) is 4.42. The zero-order valence-electron chi connectivity index (χ0n) is 17.3. The van der Waals surface area contributed by atoms with Gasteiger partial charge in [0.25, 0.3) is 5.69 Å². The van der Waals surface area contributed by atoms with Gasteiger partial charge in [0.1, 0.15) is 17.6 Å². The second-order valence-electron chi connectivity index (χ2n) is 7.63. The van der Waals surface area contributed by atoms with Gasteiger partial charge in [-0.1, -0.05) is 6.07 Å². The molecule has 160 valence electrons. The summed E-state index contributed by atoms with van der Waals surface area (Å²) in [5.74, 6) is 1.41. The fourth-order valence-corrected chi connectivity index (χ4v) is 4.01. The molecule has 8 nitrogen and oxygen atoms in total. The van der Waals surface area contributed by atoms with Crippen LogP contribution in [-0.4, -0.2) is 52.0 Å². The van der Waals surface area contributed by atoms with E-state index in [9.17, 15) is 10.1 Å². The van der Waals surface area contributed by atoms with E-state index in [4.69, 9.17) is 16.6 Å². The Balaban J connectivity index is 1.67. The van der Waals surface area contributed by atoms with E-state index < -0.39 is 4.92 Å². The van der Waals surface area contributed by atoms with Crippen molar-refractivity contribution in [3.8, 4) is 11.3 Å². The number of benzene rings is 1. The average Bonchev–Trinajstić information content (AvgIpc) is 3.37. The monoisotopic (exact) mass is 437 g/mol. The van der Waals surface area contributed by atoms with Gasteiger partial charge < -0.3 is 19.5 Å². The van der Waals surface area contributed by atoms with Gasteiger partial charge in [-0.05, 0) is 62.7 Å². The molecule has 1 N–H and O–H groups in total. The number of hydrogen-bond donors (Lipinski definition) is 1. The summed E-state index contributed by atoms with van der Waals surface area (Å²) < 4.78 is 6.24. The molecule has 0 saturated carbocycles. The molecule has 3 heterocycles. The summed E-state index contributed by atoms with van der Waals surface area (Å²) in [5, 5.41) is 15.0. The number of aromatic nitrogens is 1. The molecule has 0 radical (unpaired) electrons. The molecule has 0 spiro atoms. The molecule has 1 saturated heterocycles. The standard InChI is InChI=1S/C22H23N5O3S/c1-25(2)13-14-26-21(20(24-22(26)31)17-5-3-4-12-23-17)19-11-10-18(30-19)15-6-8-16(9-7-15)27(28)29/h3-12,20-21H,13-14H2,1-2H3,(H,24,31)/t20-,21+/m1/s1. The van der Waals surface area contributed by atoms with E-state index in [0.717, 1.165) is 30.1 Å². The molecule has 1 fully saturated rings. The molecule has 1 aliphatic rings. The lowest BCUT2D eigenvalue weighted by atomic mass is 10.0. The lowest BCUT2D eigenvalue weighted by Crippen LogP contribution is -2.35. The highest BCUT2D eigenvalue weighted by Crippen LogP contribution is 2.40. The van der Waals surface area contributed by atoms with E-state index >= 15 is 0 Å². The van der Waals surface area contributed by atoms with Crippen LogP contribution in [0.3, 0.4) is 0 Å². The van der Waals surface area contributed by atoms with Gasteiger partial charge in [0.15, 0.2) is 5.11 Å². The average molecular weight is 438 g/mol. The van der Waals surface area contributed by atoms with Crippen LogP contribution in [0.5, 0.6) is 0 Å². The minimum Gasteiger partial charge on any atom is -0.459 e. The number of likely N-dealkylation sites (N-methyl/N-ethyl adjacent to an activating group) is 1. The van der Waals surface area contributed by atoms with Gasteiger partial charge in [-0.25, -0.2) is 0 Å². The van der Waals surface area contributed by atoms with Crippen LogP contribution in [0.4, 0.5) is 5.69 Å². The summed E-state index contributed by atoms with van der Waals surface area (Å²) in [6, 6.07) is 15.7. The molecule has 0 amide bonds. The molecular formula is C22H23N5O3S. The fraction of sp³-hybridized carbons (Fsp3) is 0.273. The van der Waals surface area contributed by atoms with Crippen LogP contribution in [0, 0.1) is 10.1 Å². The Morgan fingerprint density at radius 1 is 1.19 bits per heavy atom. The van der Waals surface area contributed by atoms with Gasteiger partial charge in [-0.3, -0.25) is 15.1 Å². The highest BCUT2D eigenvalue weighted by atomic mass is 32.1. The Kier molecular flexibility index (Phi) is 5.97. The maximum Gasteiger partial charge on any atom is 0.269 e. The molecule has 3 aromatic rings. The van der Waals surface area contributed by atoms with Crippen molar-refractivity contribution >= 4 is 23.0 Å². The molecule has 0 aliphatic carbocycles. The van der Waals surface area contributed by atoms with E-state index in [1.54, 1.807) is 18.3 Å². The number of thiocarbonyl (C=S) groups is 1. The van der Waals surface area contributed by atoms with Crippen molar-refractivity contribution in [2.45, 2.75) is 12.1 Å². The SMILES string of the molecule is CN(C)CCN1C(=S)N[C@H](c2ccccn2)[C@@H]1c1ccc(-c2ccc([N+](=O)[O-])cc2)o1. The molecule has 2 aromatic heterocycles. The quantitative estimate of drug-likeness (QED) is 0.339. The van der Waals surface area contributed by atoms with Crippen LogP contribution < -0.4 is 5.32 Å². The lowest BCUT2D eigenvalue weighted by molar-refractivity contribution is -0.384. The Hall–Kier alpha value is -3.30. The molecule has 0 unspecified atom stereocenters. The van der Waals surface area contributed by atoms with E-state index in [-0.39, 0.29) is 17.8 Å². The first-order chi connectivity index (χ1) is 14.9. The van der Waals surface area contributed by atoms with Crippen LogP contribution in [-0.2, 0) is 0 Å². The van der Waals surface area contributed by atoms with Crippen molar-refractivity contribution in [2.24, 2.45) is 0 Å². The van der Waals surface area contributed by atoms with Gasteiger partial charge >= 0.3 is 0 Å². The molecule has 2 atom stereocenters. The largest absolute Gasteiger partial charge is 0.459 e. The van der Waals surface area contributed by atoms with Crippen LogP contribution >= 0.6 is 12.2 Å². The number of rotatable bonds is 7. The molecule has 4 rings (SSSR count). The van der Waals surface area contributed by atoms with Crippen molar-refractivity contribution in [3.05, 3.63) is 82.4 Å². The van der Waals surface area contributed by atoms with E-state index in [1.165, 1.54) is 12.1 Å². The van der Waals surface area contributed by atoms with Crippen LogP contribution in [0.1, 0.15) is 23.5 Å². The Morgan fingerprint density at radius 3 is 2.61 bits per heavy atom. The zero-order valence-corrected chi connectivity index (χ0v) is 18.1. The number of pyridine rings is 1. The normalized spacial score (nSPS) is 18.4. The number of furan rings is 1. The molecule has 31 heavy (non-hydrogen) atoms.